The number of nitrogens with zero attached hydrogens (tertiary/aromatic N) is 2. The lowest BCUT2D eigenvalue weighted by Crippen LogP contribution is -2.38. The van der Waals surface area contributed by atoms with Crippen molar-refractivity contribution >= 4 is 16.9 Å². The molecule has 2 aliphatic carbocycles. The first-order valence-corrected chi connectivity index (χ1v) is 9.05. The molecule has 3 fully saturated rings. The monoisotopic (exact) mass is 309 g/mol. The van der Waals surface area contributed by atoms with Gasteiger partial charge in [0, 0.05) is 12.5 Å². The fraction of sp³-hybridized carbons (Fsp3) is 0.579. The molecule has 1 aromatic heterocycles. The number of aromatic nitrogens is 2. The van der Waals surface area contributed by atoms with Gasteiger partial charge in [0.2, 0.25) is 5.91 Å². The number of fused-ring (bicyclic) bond motifs is 3. The Morgan fingerprint density at radius 2 is 2.09 bits per heavy atom. The molecule has 2 aromatic rings. The molecule has 23 heavy (non-hydrogen) atoms. The van der Waals surface area contributed by atoms with Crippen molar-refractivity contribution in [1.82, 2.24) is 14.9 Å². The highest BCUT2D eigenvalue weighted by Gasteiger charge is 2.46. The summed E-state index contributed by atoms with van der Waals surface area (Å²) in [7, 11) is 0. The van der Waals surface area contributed by atoms with E-state index < -0.39 is 0 Å². The van der Waals surface area contributed by atoms with Crippen molar-refractivity contribution in [2.24, 2.45) is 17.8 Å². The number of imidazole rings is 1. The summed E-state index contributed by atoms with van der Waals surface area (Å²) < 4.78 is 0. The van der Waals surface area contributed by atoms with Crippen LogP contribution in [0, 0.1) is 17.8 Å². The van der Waals surface area contributed by atoms with Crippen LogP contribution in [0.4, 0.5) is 0 Å². The van der Waals surface area contributed by atoms with E-state index in [1.165, 1.54) is 19.3 Å². The molecule has 0 unspecified atom stereocenters. The number of H-pyrrole nitrogens is 1. The van der Waals surface area contributed by atoms with Crippen LogP contribution < -0.4 is 0 Å². The normalized spacial score (nSPS) is 33.0. The smallest absolute Gasteiger partial charge is 0.226 e. The first-order chi connectivity index (χ1) is 11.3. The number of hydrogen-bond donors (Lipinski definition) is 1. The van der Waals surface area contributed by atoms with E-state index >= 15 is 0 Å². The lowest BCUT2D eigenvalue weighted by atomic mass is 9.87. The summed E-state index contributed by atoms with van der Waals surface area (Å²) in [6.45, 7) is 0.897. The fourth-order valence-electron chi connectivity index (χ4n) is 5.21. The number of benzene rings is 1. The summed E-state index contributed by atoms with van der Waals surface area (Å²) in [5.41, 5.74) is 2.07. The minimum absolute atomic E-state index is 0.147. The maximum absolute atomic E-state index is 13.1. The van der Waals surface area contributed by atoms with Gasteiger partial charge in [0.15, 0.2) is 0 Å². The maximum atomic E-state index is 13.1. The second kappa shape index (κ2) is 5.08. The molecule has 120 valence electrons. The number of amides is 1. The molecule has 1 saturated heterocycles. The van der Waals surface area contributed by atoms with Crippen molar-refractivity contribution in [2.45, 2.75) is 44.6 Å². The fourth-order valence-corrected chi connectivity index (χ4v) is 5.21. The number of aromatic amines is 1. The quantitative estimate of drug-likeness (QED) is 0.920. The zero-order valence-corrected chi connectivity index (χ0v) is 13.4. The van der Waals surface area contributed by atoms with Crippen LogP contribution in [-0.2, 0) is 4.79 Å². The second-order valence-corrected chi connectivity index (χ2v) is 7.61. The number of hydrogen-bond acceptors (Lipinski definition) is 2. The van der Waals surface area contributed by atoms with Gasteiger partial charge in [0.25, 0.3) is 0 Å². The molecule has 4 atom stereocenters. The van der Waals surface area contributed by atoms with Crippen LogP contribution in [0.25, 0.3) is 11.0 Å². The molecule has 5 rings (SSSR count). The van der Waals surface area contributed by atoms with Crippen LogP contribution in [0.5, 0.6) is 0 Å². The van der Waals surface area contributed by atoms with E-state index in [0.717, 1.165) is 48.6 Å². The minimum atomic E-state index is 0.147. The van der Waals surface area contributed by atoms with Gasteiger partial charge in [0.05, 0.1) is 17.1 Å². The SMILES string of the molecule is O=C([C@H]1C[C@H]2CC[C@H]1C2)N1CCC[C@@H]1c1nc2ccccc2[nH]1. The zero-order valence-electron chi connectivity index (χ0n) is 13.4. The molecule has 1 amide bonds. The van der Waals surface area contributed by atoms with Crippen molar-refractivity contribution in [3.05, 3.63) is 30.1 Å². The molecule has 3 aliphatic rings. The van der Waals surface area contributed by atoms with Crippen LogP contribution in [0.15, 0.2) is 24.3 Å². The Bertz CT molecular complexity index is 719. The van der Waals surface area contributed by atoms with E-state index in [1.807, 2.05) is 18.2 Å². The maximum Gasteiger partial charge on any atom is 0.226 e. The summed E-state index contributed by atoms with van der Waals surface area (Å²) in [4.78, 5) is 23.4. The molecule has 2 saturated carbocycles. The van der Waals surface area contributed by atoms with Gasteiger partial charge >= 0.3 is 0 Å². The summed E-state index contributed by atoms with van der Waals surface area (Å²) >= 11 is 0. The average molecular weight is 309 g/mol. The van der Waals surface area contributed by atoms with E-state index in [9.17, 15) is 4.79 Å². The standard InChI is InChI=1S/C19H23N3O/c23-19(14-11-12-7-8-13(14)10-12)22-9-3-6-17(22)18-20-15-4-1-2-5-16(15)21-18/h1-2,4-5,12-14,17H,3,6-11H2,(H,20,21)/t12-,13-,14-,17+/m0/s1. The van der Waals surface area contributed by atoms with Crippen LogP contribution in [0.3, 0.4) is 0 Å². The Kier molecular flexibility index (Phi) is 3.00. The van der Waals surface area contributed by atoms with Gasteiger partial charge in [-0.05, 0) is 56.1 Å². The Morgan fingerprint density at radius 1 is 1.17 bits per heavy atom. The van der Waals surface area contributed by atoms with Crippen molar-refractivity contribution in [3.63, 3.8) is 0 Å². The number of carbonyl (C=O) groups is 1. The van der Waals surface area contributed by atoms with Crippen molar-refractivity contribution in [3.8, 4) is 0 Å². The third-order valence-electron chi connectivity index (χ3n) is 6.31. The molecule has 1 aromatic carbocycles. The van der Waals surface area contributed by atoms with Gasteiger partial charge in [0.1, 0.15) is 5.82 Å². The zero-order chi connectivity index (χ0) is 15.4. The molecule has 0 radical (unpaired) electrons. The van der Waals surface area contributed by atoms with Gasteiger partial charge in [-0.15, -0.1) is 0 Å². The molecule has 4 heteroatoms. The third kappa shape index (κ3) is 2.11. The summed E-state index contributed by atoms with van der Waals surface area (Å²) in [5.74, 6) is 3.14. The Hall–Kier alpha value is -1.84. The van der Waals surface area contributed by atoms with E-state index in [-0.39, 0.29) is 6.04 Å². The number of carbonyl (C=O) groups excluding carboxylic acids is 1. The van der Waals surface area contributed by atoms with Crippen LogP contribution in [0.1, 0.15) is 50.4 Å². The van der Waals surface area contributed by atoms with Crippen LogP contribution in [0.2, 0.25) is 0 Å². The predicted octanol–water partition coefficient (Wildman–Crippen LogP) is 3.66. The predicted molar refractivity (Wildman–Crippen MR) is 88.7 cm³/mol. The molecule has 4 nitrogen and oxygen atoms in total. The molecular weight excluding hydrogens is 286 g/mol. The van der Waals surface area contributed by atoms with Crippen LogP contribution in [-0.4, -0.2) is 27.3 Å². The summed E-state index contributed by atoms with van der Waals surface area (Å²) in [5, 5.41) is 0. The largest absolute Gasteiger partial charge is 0.340 e. The second-order valence-electron chi connectivity index (χ2n) is 7.61. The average Bonchev–Trinajstić information content (AvgIpc) is 3.35. The Morgan fingerprint density at radius 3 is 2.87 bits per heavy atom. The first kappa shape index (κ1) is 13.6. The highest BCUT2D eigenvalue weighted by Crippen LogP contribution is 2.50. The Labute approximate surface area is 136 Å². The number of likely N-dealkylation sites (tertiary alicyclic amines) is 1. The van der Waals surface area contributed by atoms with Gasteiger partial charge in [-0.25, -0.2) is 4.98 Å². The minimum Gasteiger partial charge on any atom is -0.340 e. The third-order valence-corrected chi connectivity index (χ3v) is 6.31. The molecule has 1 N–H and O–H groups in total. The van der Waals surface area contributed by atoms with Crippen molar-refractivity contribution in [2.75, 3.05) is 6.54 Å². The van der Waals surface area contributed by atoms with Gasteiger partial charge in [-0.2, -0.15) is 0 Å². The van der Waals surface area contributed by atoms with Gasteiger partial charge < -0.3 is 9.88 Å². The van der Waals surface area contributed by atoms with Gasteiger partial charge in [-0.1, -0.05) is 18.6 Å². The number of nitrogens with one attached hydrogen (secondary N) is 1. The molecule has 1 aliphatic heterocycles. The van der Waals surface area contributed by atoms with E-state index in [4.69, 9.17) is 4.98 Å². The van der Waals surface area contributed by atoms with E-state index in [0.29, 0.717) is 17.7 Å². The highest BCUT2D eigenvalue weighted by atomic mass is 16.2. The lowest BCUT2D eigenvalue weighted by molar-refractivity contribution is -0.138. The number of rotatable bonds is 2. The van der Waals surface area contributed by atoms with Crippen LogP contribution >= 0.6 is 0 Å². The van der Waals surface area contributed by atoms with Crippen molar-refractivity contribution in [1.29, 1.82) is 0 Å². The molecule has 2 heterocycles. The first-order valence-electron chi connectivity index (χ1n) is 9.05. The molecular formula is C19H23N3O. The summed E-state index contributed by atoms with van der Waals surface area (Å²) in [6, 6.07) is 8.28. The lowest BCUT2D eigenvalue weighted by Gasteiger charge is -2.30. The number of para-hydroxylation sites is 2. The van der Waals surface area contributed by atoms with Gasteiger partial charge in [-0.3, -0.25) is 4.79 Å². The molecule has 2 bridgehead atoms. The topological polar surface area (TPSA) is 49.0 Å². The van der Waals surface area contributed by atoms with Crippen molar-refractivity contribution < 1.29 is 4.79 Å². The highest BCUT2D eigenvalue weighted by molar-refractivity contribution is 5.81. The van der Waals surface area contributed by atoms with E-state index in [1.54, 1.807) is 0 Å². The summed E-state index contributed by atoms with van der Waals surface area (Å²) in [6.07, 6.45) is 7.17. The Balaban J connectivity index is 1.42. The van der Waals surface area contributed by atoms with E-state index in [2.05, 4.69) is 16.0 Å². The molecule has 0 spiro atoms.